The second-order valence-electron chi connectivity index (χ2n) is 5.68. The fourth-order valence-electron chi connectivity index (χ4n) is 3.44. The predicted octanol–water partition coefficient (Wildman–Crippen LogP) is 2.18. The average molecular weight is 298 g/mol. The summed E-state index contributed by atoms with van der Waals surface area (Å²) in [6.07, 6.45) is 4.64. The number of carbonyl (C=O) groups excluding carboxylic acids is 2. The van der Waals surface area contributed by atoms with E-state index in [-0.39, 0.29) is 29.9 Å². The van der Waals surface area contributed by atoms with Crippen LogP contribution in [0.3, 0.4) is 0 Å². The smallest absolute Gasteiger partial charge is 0.246 e. The summed E-state index contributed by atoms with van der Waals surface area (Å²) in [5.41, 5.74) is 0. The van der Waals surface area contributed by atoms with Gasteiger partial charge in [0.1, 0.15) is 12.1 Å². The molecular weight excluding hydrogens is 272 g/mol. The van der Waals surface area contributed by atoms with Gasteiger partial charge in [-0.05, 0) is 37.9 Å². The van der Waals surface area contributed by atoms with Gasteiger partial charge in [-0.2, -0.15) is 11.8 Å². The molecular formula is C15H26N2O2S. The molecule has 2 aliphatic rings. The minimum Gasteiger partial charge on any atom is -0.343 e. The van der Waals surface area contributed by atoms with Crippen molar-refractivity contribution in [3.05, 3.63) is 0 Å². The molecule has 4 atom stereocenters. The molecule has 0 aromatic carbocycles. The largest absolute Gasteiger partial charge is 0.343 e. The molecule has 1 aliphatic heterocycles. The SMILES string of the molecule is CCSC1CCC(N2C(=O)C(CC)NC(=O)C2CC)C1. The zero-order valence-corrected chi connectivity index (χ0v) is 13.5. The fraction of sp³-hybridized carbons (Fsp3) is 0.867. The van der Waals surface area contributed by atoms with Gasteiger partial charge in [-0.3, -0.25) is 9.59 Å². The molecule has 20 heavy (non-hydrogen) atoms. The van der Waals surface area contributed by atoms with Crippen molar-refractivity contribution in [2.45, 2.75) is 76.3 Å². The van der Waals surface area contributed by atoms with Crippen molar-refractivity contribution in [2.75, 3.05) is 5.75 Å². The Balaban J connectivity index is 2.13. The molecule has 1 saturated heterocycles. The lowest BCUT2D eigenvalue weighted by Crippen LogP contribution is -2.65. The molecule has 0 aromatic rings. The van der Waals surface area contributed by atoms with Gasteiger partial charge >= 0.3 is 0 Å². The first-order valence-corrected chi connectivity index (χ1v) is 8.91. The van der Waals surface area contributed by atoms with Crippen LogP contribution in [0.15, 0.2) is 0 Å². The summed E-state index contributed by atoms with van der Waals surface area (Å²) in [5, 5.41) is 3.52. The highest BCUT2D eigenvalue weighted by Crippen LogP contribution is 2.35. The summed E-state index contributed by atoms with van der Waals surface area (Å²) in [5.74, 6) is 1.29. The Hall–Kier alpha value is -0.710. The van der Waals surface area contributed by atoms with Gasteiger partial charge in [-0.25, -0.2) is 0 Å². The van der Waals surface area contributed by atoms with Gasteiger partial charge in [0.05, 0.1) is 0 Å². The van der Waals surface area contributed by atoms with E-state index in [0.29, 0.717) is 18.1 Å². The van der Waals surface area contributed by atoms with Crippen molar-refractivity contribution in [1.29, 1.82) is 0 Å². The van der Waals surface area contributed by atoms with Gasteiger partial charge in [-0.15, -0.1) is 0 Å². The third kappa shape index (κ3) is 2.97. The minimum absolute atomic E-state index is 0.0329. The monoisotopic (exact) mass is 298 g/mol. The first-order chi connectivity index (χ1) is 9.62. The second kappa shape index (κ2) is 6.83. The van der Waals surface area contributed by atoms with Gasteiger partial charge in [0.2, 0.25) is 11.8 Å². The summed E-state index contributed by atoms with van der Waals surface area (Å²) in [7, 11) is 0. The van der Waals surface area contributed by atoms with Gasteiger partial charge < -0.3 is 10.2 Å². The van der Waals surface area contributed by atoms with Crippen LogP contribution in [0.5, 0.6) is 0 Å². The molecule has 2 rings (SSSR count). The van der Waals surface area contributed by atoms with Crippen LogP contribution in [-0.2, 0) is 9.59 Å². The van der Waals surface area contributed by atoms with E-state index in [4.69, 9.17) is 0 Å². The normalized spacial score (nSPS) is 34.5. The summed E-state index contributed by atoms with van der Waals surface area (Å²) in [4.78, 5) is 26.8. The Morgan fingerprint density at radius 1 is 1.20 bits per heavy atom. The number of hydrogen-bond acceptors (Lipinski definition) is 3. The third-order valence-electron chi connectivity index (χ3n) is 4.46. The Morgan fingerprint density at radius 3 is 2.55 bits per heavy atom. The number of piperazine rings is 1. The highest BCUT2D eigenvalue weighted by atomic mass is 32.2. The molecule has 1 heterocycles. The highest BCUT2D eigenvalue weighted by molar-refractivity contribution is 7.99. The van der Waals surface area contributed by atoms with E-state index >= 15 is 0 Å². The van der Waals surface area contributed by atoms with Crippen molar-refractivity contribution in [3.63, 3.8) is 0 Å². The first-order valence-electron chi connectivity index (χ1n) is 7.86. The Morgan fingerprint density at radius 2 is 1.95 bits per heavy atom. The molecule has 0 aromatic heterocycles. The maximum Gasteiger partial charge on any atom is 0.246 e. The van der Waals surface area contributed by atoms with E-state index in [1.165, 1.54) is 6.42 Å². The molecule has 114 valence electrons. The predicted molar refractivity (Wildman–Crippen MR) is 82.7 cm³/mol. The van der Waals surface area contributed by atoms with Crippen LogP contribution in [0, 0.1) is 0 Å². The maximum atomic E-state index is 12.6. The van der Waals surface area contributed by atoms with Crippen LogP contribution in [-0.4, -0.2) is 45.8 Å². The molecule has 1 saturated carbocycles. The molecule has 4 unspecified atom stereocenters. The number of carbonyl (C=O) groups is 2. The molecule has 0 spiro atoms. The quantitative estimate of drug-likeness (QED) is 0.846. The standard InChI is InChI=1S/C15H26N2O2S/c1-4-12-15(19)17(13(5-2)14(18)16-12)10-7-8-11(9-10)20-6-3/h10-13H,4-9H2,1-3H3,(H,16,18). The Bertz CT molecular complexity index is 375. The van der Waals surface area contributed by atoms with E-state index in [1.807, 2.05) is 30.5 Å². The van der Waals surface area contributed by atoms with E-state index in [0.717, 1.165) is 18.6 Å². The van der Waals surface area contributed by atoms with Crippen LogP contribution in [0.25, 0.3) is 0 Å². The average Bonchev–Trinajstić information content (AvgIpc) is 2.89. The first kappa shape index (κ1) is 15.7. The molecule has 1 N–H and O–H groups in total. The van der Waals surface area contributed by atoms with Crippen molar-refractivity contribution in [2.24, 2.45) is 0 Å². The summed E-state index contributed by atoms with van der Waals surface area (Å²) < 4.78 is 0. The van der Waals surface area contributed by atoms with Crippen LogP contribution in [0.4, 0.5) is 0 Å². The van der Waals surface area contributed by atoms with Gasteiger partial charge in [0.25, 0.3) is 0 Å². The molecule has 1 aliphatic carbocycles. The number of hydrogen-bond donors (Lipinski definition) is 1. The molecule has 0 bridgehead atoms. The lowest BCUT2D eigenvalue weighted by molar-refractivity contribution is -0.152. The second-order valence-corrected chi connectivity index (χ2v) is 7.26. The van der Waals surface area contributed by atoms with Gasteiger partial charge in [0.15, 0.2) is 0 Å². The maximum absolute atomic E-state index is 12.6. The zero-order chi connectivity index (χ0) is 14.7. The van der Waals surface area contributed by atoms with Crippen LogP contribution < -0.4 is 5.32 Å². The number of nitrogens with one attached hydrogen (secondary N) is 1. The van der Waals surface area contributed by atoms with Crippen molar-refractivity contribution in [3.8, 4) is 0 Å². The zero-order valence-electron chi connectivity index (χ0n) is 12.7. The third-order valence-corrected chi connectivity index (χ3v) is 5.69. The number of nitrogens with zero attached hydrogens (tertiary/aromatic N) is 1. The van der Waals surface area contributed by atoms with Crippen LogP contribution >= 0.6 is 11.8 Å². The Kier molecular flexibility index (Phi) is 5.35. The molecule has 4 nitrogen and oxygen atoms in total. The van der Waals surface area contributed by atoms with Gasteiger partial charge in [0, 0.05) is 11.3 Å². The summed E-state index contributed by atoms with van der Waals surface area (Å²) >= 11 is 1.99. The minimum atomic E-state index is -0.317. The fourth-order valence-corrected chi connectivity index (χ4v) is 4.57. The van der Waals surface area contributed by atoms with E-state index in [2.05, 4.69) is 12.2 Å². The summed E-state index contributed by atoms with van der Waals surface area (Å²) in [6.45, 7) is 6.13. The molecule has 5 heteroatoms. The van der Waals surface area contributed by atoms with Crippen molar-refractivity contribution >= 4 is 23.6 Å². The summed E-state index contributed by atoms with van der Waals surface area (Å²) in [6, 6.07) is -0.319. The highest BCUT2D eigenvalue weighted by Gasteiger charge is 2.44. The molecule has 2 amide bonds. The lowest BCUT2D eigenvalue weighted by Gasteiger charge is -2.42. The number of amides is 2. The van der Waals surface area contributed by atoms with E-state index in [9.17, 15) is 9.59 Å². The number of thioether (sulfide) groups is 1. The van der Waals surface area contributed by atoms with E-state index in [1.54, 1.807) is 0 Å². The van der Waals surface area contributed by atoms with Crippen LogP contribution in [0.1, 0.15) is 52.9 Å². The van der Waals surface area contributed by atoms with Crippen LogP contribution in [0.2, 0.25) is 0 Å². The van der Waals surface area contributed by atoms with Crippen molar-refractivity contribution < 1.29 is 9.59 Å². The number of rotatable bonds is 5. The topological polar surface area (TPSA) is 49.4 Å². The Labute approximate surface area is 126 Å². The molecule has 2 fully saturated rings. The molecule has 0 radical (unpaired) electrons. The van der Waals surface area contributed by atoms with E-state index < -0.39 is 0 Å². The lowest BCUT2D eigenvalue weighted by atomic mass is 10.00. The van der Waals surface area contributed by atoms with Gasteiger partial charge in [-0.1, -0.05) is 20.8 Å². The van der Waals surface area contributed by atoms with Crippen molar-refractivity contribution in [1.82, 2.24) is 10.2 Å².